The van der Waals surface area contributed by atoms with Crippen LogP contribution >= 0.6 is 0 Å². The summed E-state index contributed by atoms with van der Waals surface area (Å²) < 4.78 is 56.5. The van der Waals surface area contributed by atoms with E-state index in [1.807, 2.05) is 18.2 Å². The summed E-state index contributed by atoms with van der Waals surface area (Å²) in [6.45, 7) is 1.22. The van der Waals surface area contributed by atoms with Gasteiger partial charge in [0.15, 0.2) is 11.3 Å². The van der Waals surface area contributed by atoms with Gasteiger partial charge in [0.25, 0.3) is 5.91 Å². The predicted octanol–water partition coefficient (Wildman–Crippen LogP) is 3.38. The second-order valence-corrected chi connectivity index (χ2v) is 10.0. The fourth-order valence-electron chi connectivity index (χ4n) is 4.64. The number of aromatic nitrogens is 6. The molecular weight excluding hydrogens is 574 g/mol. The van der Waals surface area contributed by atoms with Gasteiger partial charge in [0.1, 0.15) is 18.0 Å². The quantitative estimate of drug-likeness (QED) is 0.196. The smallest absolute Gasteiger partial charge is 0.406 e. The van der Waals surface area contributed by atoms with Crippen molar-refractivity contribution in [2.75, 3.05) is 13.1 Å². The molecule has 0 atom stereocenters. The lowest BCUT2D eigenvalue weighted by molar-refractivity contribution is -0.274. The molecule has 0 radical (unpaired) electrons. The summed E-state index contributed by atoms with van der Waals surface area (Å²) in [6, 6.07) is 8.37. The molecule has 1 aliphatic heterocycles. The van der Waals surface area contributed by atoms with Crippen molar-refractivity contribution in [2.45, 2.75) is 51.1 Å². The number of carbonyl (C=O) groups excluding carboxylic acids is 2. The number of aryl methyl sites for hydroxylation is 2. The van der Waals surface area contributed by atoms with Crippen LogP contribution in [0.3, 0.4) is 0 Å². The van der Waals surface area contributed by atoms with Crippen LogP contribution in [0.15, 0.2) is 36.5 Å². The van der Waals surface area contributed by atoms with Crippen molar-refractivity contribution in [3.63, 3.8) is 0 Å². The number of rotatable bonds is 11. The number of amides is 2. The van der Waals surface area contributed by atoms with Gasteiger partial charge >= 0.3 is 6.36 Å². The summed E-state index contributed by atoms with van der Waals surface area (Å²) >= 11 is 0. The van der Waals surface area contributed by atoms with Gasteiger partial charge in [0.05, 0.1) is 18.0 Å². The molecule has 43 heavy (non-hydrogen) atoms. The monoisotopic (exact) mass is 599 g/mol. The van der Waals surface area contributed by atoms with E-state index in [1.165, 1.54) is 10.9 Å². The van der Waals surface area contributed by atoms with Crippen LogP contribution in [-0.4, -0.2) is 66.3 Å². The summed E-state index contributed by atoms with van der Waals surface area (Å²) in [4.78, 5) is 29.1. The number of aromatic amines is 1. The first-order chi connectivity index (χ1) is 20.6. The van der Waals surface area contributed by atoms with Crippen molar-refractivity contribution in [3.05, 3.63) is 65.0 Å². The third-order valence-electron chi connectivity index (χ3n) is 6.88. The zero-order chi connectivity index (χ0) is 30.6. The van der Waals surface area contributed by atoms with E-state index in [0.29, 0.717) is 38.1 Å². The normalized spacial score (nSPS) is 13.5. The second-order valence-electron chi connectivity index (χ2n) is 10.0. The molecule has 0 bridgehead atoms. The summed E-state index contributed by atoms with van der Waals surface area (Å²) in [5.41, 5.74) is 2.25. The number of nitrogens with zero attached hydrogens (tertiary/aromatic N) is 7. The fraction of sp³-hybridized carbons (Fsp3) is 0.370. The van der Waals surface area contributed by atoms with Gasteiger partial charge in [-0.2, -0.15) is 10.4 Å². The van der Waals surface area contributed by atoms with E-state index in [0.717, 1.165) is 41.4 Å². The number of alkyl halides is 3. The molecule has 4 heterocycles. The van der Waals surface area contributed by atoms with Crippen molar-refractivity contribution in [1.29, 1.82) is 5.26 Å². The molecule has 1 fully saturated rings. The van der Waals surface area contributed by atoms with Gasteiger partial charge in [-0.1, -0.05) is 5.21 Å². The fourth-order valence-corrected chi connectivity index (χ4v) is 4.64. The number of nitrogens with one attached hydrogen (secondary N) is 2. The Kier molecular flexibility index (Phi) is 8.51. The molecule has 5 rings (SSSR count). The number of hydrogen-bond donors (Lipinski definition) is 2. The SMILES string of the molecule is N#CCC(=O)N1CC(c2cc3cc(CCCCn4cc(C(=O)NCc5cc(OC(F)(F)F)ccc5F)nn4)nnc3[nH]2)C1. The van der Waals surface area contributed by atoms with E-state index < -0.39 is 23.8 Å². The van der Waals surface area contributed by atoms with Gasteiger partial charge in [-0.25, -0.2) is 4.39 Å². The lowest BCUT2D eigenvalue weighted by Crippen LogP contribution is -2.48. The summed E-state index contributed by atoms with van der Waals surface area (Å²) in [5, 5.41) is 28.3. The highest BCUT2D eigenvalue weighted by Crippen LogP contribution is 2.29. The molecule has 2 amide bonds. The van der Waals surface area contributed by atoms with E-state index >= 15 is 0 Å². The van der Waals surface area contributed by atoms with Crippen LogP contribution in [0.1, 0.15) is 52.6 Å². The van der Waals surface area contributed by atoms with Crippen molar-refractivity contribution in [1.82, 2.24) is 40.4 Å². The molecule has 12 nitrogen and oxygen atoms in total. The predicted molar refractivity (Wildman–Crippen MR) is 141 cm³/mol. The summed E-state index contributed by atoms with van der Waals surface area (Å²) in [7, 11) is 0. The molecule has 0 saturated carbocycles. The molecule has 0 spiro atoms. The summed E-state index contributed by atoms with van der Waals surface area (Å²) in [6.07, 6.45) is -1.49. The average molecular weight is 600 g/mol. The Morgan fingerprint density at radius 3 is 2.72 bits per heavy atom. The first kappa shape index (κ1) is 29.4. The number of likely N-dealkylation sites (tertiary alicyclic amines) is 1. The highest BCUT2D eigenvalue weighted by atomic mass is 19.4. The van der Waals surface area contributed by atoms with E-state index in [2.05, 4.69) is 35.5 Å². The van der Waals surface area contributed by atoms with E-state index in [4.69, 9.17) is 5.26 Å². The van der Waals surface area contributed by atoms with Crippen LogP contribution in [0.5, 0.6) is 5.75 Å². The maximum absolute atomic E-state index is 14.0. The van der Waals surface area contributed by atoms with Crippen molar-refractivity contribution < 1.29 is 31.9 Å². The molecule has 224 valence electrons. The number of unbranched alkanes of at least 4 members (excludes halogenated alkanes) is 1. The van der Waals surface area contributed by atoms with Crippen LogP contribution in [-0.2, 0) is 24.3 Å². The minimum Gasteiger partial charge on any atom is -0.406 e. The molecule has 0 aliphatic carbocycles. The third-order valence-corrected chi connectivity index (χ3v) is 6.88. The molecule has 1 saturated heterocycles. The Bertz CT molecular complexity index is 1670. The van der Waals surface area contributed by atoms with E-state index in [1.54, 1.807) is 4.90 Å². The molecule has 4 aromatic rings. The Hall–Kier alpha value is -5.07. The molecular formula is C27H25F4N9O3. The number of carbonyl (C=O) groups is 2. The van der Waals surface area contributed by atoms with Gasteiger partial charge in [0.2, 0.25) is 5.91 Å². The first-order valence-corrected chi connectivity index (χ1v) is 13.3. The number of halogens is 4. The number of nitriles is 1. The molecule has 1 aromatic carbocycles. The van der Waals surface area contributed by atoms with Gasteiger partial charge in [-0.15, -0.1) is 23.4 Å². The first-order valence-electron chi connectivity index (χ1n) is 13.3. The number of fused-ring (bicyclic) bond motifs is 1. The zero-order valence-corrected chi connectivity index (χ0v) is 22.6. The zero-order valence-electron chi connectivity index (χ0n) is 22.6. The van der Waals surface area contributed by atoms with Gasteiger partial charge < -0.3 is 19.9 Å². The molecule has 2 N–H and O–H groups in total. The topological polar surface area (TPSA) is 155 Å². The van der Waals surface area contributed by atoms with Crippen LogP contribution in [0, 0.1) is 17.1 Å². The average Bonchev–Trinajstić information content (AvgIpc) is 3.57. The number of H-pyrrole nitrogens is 1. The second kappa shape index (κ2) is 12.4. The summed E-state index contributed by atoms with van der Waals surface area (Å²) in [5.74, 6) is -2.05. The van der Waals surface area contributed by atoms with Crippen LogP contribution < -0.4 is 10.1 Å². The number of hydrogen-bond acceptors (Lipinski definition) is 8. The number of ether oxygens (including phenoxy) is 1. The van der Waals surface area contributed by atoms with Gasteiger partial charge in [-0.3, -0.25) is 14.3 Å². The molecule has 16 heteroatoms. The van der Waals surface area contributed by atoms with Crippen LogP contribution in [0.4, 0.5) is 17.6 Å². The van der Waals surface area contributed by atoms with E-state index in [9.17, 15) is 27.2 Å². The largest absolute Gasteiger partial charge is 0.573 e. The Morgan fingerprint density at radius 2 is 1.95 bits per heavy atom. The Labute approximate surface area is 241 Å². The molecule has 3 aromatic heterocycles. The lowest BCUT2D eigenvalue weighted by Gasteiger charge is -2.38. The molecule has 0 unspecified atom stereocenters. The third kappa shape index (κ3) is 7.42. The maximum atomic E-state index is 14.0. The highest BCUT2D eigenvalue weighted by Gasteiger charge is 2.33. The Balaban J connectivity index is 1.06. The number of benzene rings is 1. The van der Waals surface area contributed by atoms with Crippen molar-refractivity contribution in [2.24, 2.45) is 0 Å². The van der Waals surface area contributed by atoms with Crippen LogP contribution in [0.2, 0.25) is 0 Å². The van der Waals surface area contributed by atoms with Crippen molar-refractivity contribution in [3.8, 4) is 11.8 Å². The van der Waals surface area contributed by atoms with E-state index in [-0.39, 0.29) is 36.0 Å². The highest BCUT2D eigenvalue weighted by molar-refractivity contribution is 5.91. The van der Waals surface area contributed by atoms with Crippen LogP contribution in [0.25, 0.3) is 11.0 Å². The van der Waals surface area contributed by atoms with Gasteiger partial charge in [-0.05, 0) is 49.6 Å². The van der Waals surface area contributed by atoms with Crippen molar-refractivity contribution >= 4 is 22.8 Å². The molecule has 1 aliphatic rings. The standard InChI is InChI=1S/C27H25F4N9O3/c28-21-5-4-20(43-27(29,30)31)10-17(21)12-33-26(42)23-15-40(38-36-23)8-2-1-3-19-9-16-11-22(34-25(16)37-35-19)18-13-39(14-18)24(41)6-7-32/h4-5,9-11,15,18H,1-3,6,8,12-14H2,(H,33,42)(H,34,37). The minimum atomic E-state index is -4.92. The van der Waals surface area contributed by atoms with Gasteiger partial charge in [0, 0.05) is 48.7 Å². The lowest BCUT2D eigenvalue weighted by atomic mass is 9.96. The minimum absolute atomic E-state index is 0.0216. The Morgan fingerprint density at radius 1 is 1.14 bits per heavy atom. The maximum Gasteiger partial charge on any atom is 0.573 e.